The largest absolute Gasteiger partial charge is 0.326 e. The lowest BCUT2D eigenvalue weighted by Crippen LogP contribution is -2.55. The van der Waals surface area contributed by atoms with Gasteiger partial charge in [0.1, 0.15) is 6.04 Å². The van der Waals surface area contributed by atoms with Gasteiger partial charge in [-0.2, -0.15) is 0 Å². The average Bonchev–Trinajstić information content (AvgIpc) is 2.90. The molecule has 1 saturated heterocycles. The van der Waals surface area contributed by atoms with E-state index in [9.17, 15) is 14.4 Å². The number of rotatable bonds is 6. The van der Waals surface area contributed by atoms with Gasteiger partial charge >= 0.3 is 6.03 Å². The minimum Gasteiger partial charge on any atom is -0.326 e. The Labute approximate surface area is 211 Å². The summed E-state index contributed by atoms with van der Waals surface area (Å²) in [5, 5.41) is 5.98. The summed E-state index contributed by atoms with van der Waals surface area (Å²) in [6.07, 6.45) is 2.29. The summed E-state index contributed by atoms with van der Waals surface area (Å²) >= 11 is 0. The molecule has 0 saturated carbocycles. The molecule has 36 heavy (non-hydrogen) atoms. The Balaban J connectivity index is 1.31. The molecule has 1 fully saturated rings. The topological polar surface area (TPSA) is 83.4 Å². The van der Waals surface area contributed by atoms with Gasteiger partial charge in [-0.05, 0) is 48.1 Å². The summed E-state index contributed by atoms with van der Waals surface area (Å²) in [6.45, 7) is 3.81. The van der Waals surface area contributed by atoms with Gasteiger partial charge < -0.3 is 20.1 Å². The van der Waals surface area contributed by atoms with Crippen LogP contribution >= 0.6 is 0 Å². The van der Waals surface area contributed by atoms with E-state index in [1.807, 2.05) is 65.2 Å². The lowest BCUT2D eigenvalue weighted by Gasteiger charge is -2.43. The van der Waals surface area contributed by atoms with Crippen molar-refractivity contribution in [3.05, 3.63) is 100.0 Å². The molecule has 7 heteroatoms. The molecule has 7 nitrogen and oxygen atoms in total. The second-order valence-electron chi connectivity index (χ2n) is 9.83. The van der Waals surface area contributed by atoms with Crippen LogP contribution in [0.15, 0.2) is 77.6 Å². The zero-order chi connectivity index (χ0) is 25.1. The highest BCUT2D eigenvalue weighted by Gasteiger charge is 2.37. The molecule has 3 amide bonds. The van der Waals surface area contributed by atoms with Crippen molar-refractivity contribution in [2.75, 3.05) is 18.4 Å². The van der Waals surface area contributed by atoms with Crippen molar-refractivity contribution < 1.29 is 9.59 Å². The van der Waals surface area contributed by atoms with E-state index in [2.05, 4.69) is 17.6 Å². The summed E-state index contributed by atoms with van der Waals surface area (Å²) in [4.78, 5) is 40.8. The molecule has 0 spiro atoms. The standard InChI is InChI=1S/C29H32N4O3/c1-2-20-11-13-24(14-12-20)30-28(35)25(16-21-7-4-3-5-8-21)31-29(36)32-17-22-15-23(19-32)26-9-6-10-27(34)33(26)18-22/h3-14,22-23,25H,2,15-19H2,1H3,(H,30,35)(H,31,36)/t22-,23-,25-/m0/s1. The van der Waals surface area contributed by atoms with Crippen LogP contribution in [0.4, 0.5) is 10.5 Å². The first-order valence-corrected chi connectivity index (χ1v) is 12.7. The molecule has 0 aliphatic carbocycles. The number of nitrogens with zero attached hydrogens (tertiary/aromatic N) is 2. The molecule has 1 aromatic heterocycles. The summed E-state index contributed by atoms with van der Waals surface area (Å²) in [5.74, 6) is 0.0989. The van der Waals surface area contributed by atoms with Gasteiger partial charge in [-0.25, -0.2) is 4.79 Å². The van der Waals surface area contributed by atoms with Crippen LogP contribution in [0.3, 0.4) is 0 Å². The van der Waals surface area contributed by atoms with Crippen molar-refractivity contribution in [1.82, 2.24) is 14.8 Å². The molecule has 0 radical (unpaired) electrons. The third-order valence-electron chi connectivity index (χ3n) is 7.29. The SMILES string of the molecule is CCc1ccc(NC(=O)[C@H](Cc2ccccc2)NC(=O)N2C[C@@H]3C[C@@H](C2)c2cccc(=O)n2C3)cc1. The van der Waals surface area contributed by atoms with Gasteiger partial charge in [-0.15, -0.1) is 0 Å². The highest BCUT2D eigenvalue weighted by molar-refractivity contribution is 5.97. The number of amides is 3. The van der Waals surface area contributed by atoms with Gasteiger partial charge in [0.2, 0.25) is 5.91 Å². The minimum atomic E-state index is -0.720. The number of hydrogen-bond acceptors (Lipinski definition) is 3. The summed E-state index contributed by atoms with van der Waals surface area (Å²) in [6, 6.07) is 21.9. The number of aromatic nitrogens is 1. The number of benzene rings is 2. The van der Waals surface area contributed by atoms with Crippen molar-refractivity contribution in [3.8, 4) is 0 Å². The van der Waals surface area contributed by atoms with Crippen molar-refractivity contribution >= 4 is 17.6 Å². The van der Waals surface area contributed by atoms with E-state index in [0.717, 1.165) is 24.1 Å². The molecule has 2 aromatic carbocycles. The number of carbonyl (C=O) groups excluding carboxylic acids is 2. The van der Waals surface area contributed by atoms with E-state index in [-0.39, 0.29) is 29.3 Å². The number of carbonyl (C=O) groups is 2. The normalized spacial score (nSPS) is 19.2. The maximum absolute atomic E-state index is 13.4. The van der Waals surface area contributed by atoms with Crippen LogP contribution in [-0.2, 0) is 24.2 Å². The molecule has 2 aliphatic heterocycles. The predicted molar refractivity (Wildman–Crippen MR) is 140 cm³/mol. The number of fused-ring (bicyclic) bond motifs is 4. The van der Waals surface area contributed by atoms with E-state index >= 15 is 0 Å². The van der Waals surface area contributed by atoms with E-state index < -0.39 is 6.04 Å². The van der Waals surface area contributed by atoms with Crippen molar-refractivity contribution in [1.29, 1.82) is 0 Å². The Morgan fingerprint density at radius 3 is 2.44 bits per heavy atom. The lowest BCUT2D eigenvalue weighted by molar-refractivity contribution is -0.118. The zero-order valence-electron chi connectivity index (χ0n) is 20.5. The van der Waals surface area contributed by atoms with Gasteiger partial charge in [0.25, 0.3) is 5.56 Å². The Morgan fingerprint density at radius 1 is 0.917 bits per heavy atom. The number of aryl methyl sites for hydroxylation is 1. The van der Waals surface area contributed by atoms with Crippen LogP contribution in [0.1, 0.15) is 36.1 Å². The van der Waals surface area contributed by atoms with Crippen LogP contribution in [0.2, 0.25) is 0 Å². The van der Waals surface area contributed by atoms with Gasteiger partial charge in [-0.3, -0.25) is 9.59 Å². The Kier molecular flexibility index (Phi) is 6.89. The van der Waals surface area contributed by atoms with Crippen LogP contribution in [0, 0.1) is 5.92 Å². The second-order valence-corrected chi connectivity index (χ2v) is 9.83. The smallest absolute Gasteiger partial charge is 0.318 e. The Hall–Kier alpha value is -3.87. The summed E-state index contributed by atoms with van der Waals surface area (Å²) in [5.41, 5.74) is 3.89. The van der Waals surface area contributed by atoms with Crippen LogP contribution in [-0.4, -0.2) is 40.5 Å². The monoisotopic (exact) mass is 484 g/mol. The van der Waals surface area contributed by atoms with E-state index in [4.69, 9.17) is 0 Å². The van der Waals surface area contributed by atoms with Crippen molar-refractivity contribution in [2.24, 2.45) is 5.92 Å². The quantitative estimate of drug-likeness (QED) is 0.559. The van der Waals surface area contributed by atoms with Crippen LogP contribution in [0.5, 0.6) is 0 Å². The third-order valence-corrected chi connectivity index (χ3v) is 7.29. The molecule has 2 aliphatic rings. The molecular weight excluding hydrogens is 452 g/mol. The fourth-order valence-electron chi connectivity index (χ4n) is 5.41. The fourth-order valence-corrected chi connectivity index (χ4v) is 5.41. The Morgan fingerprint density at radius 2 is 1.69 bits per heavy atom. The molecule has 5 rings (SSSR count). The molecule has 0 unspecified atom stereocenters. The third kappa shape index (κ3) is 5.20. The molecular formula is C29H32N4O3. The fraction of sp³-hybridized carbons (Fsp3) is 0.345. The molecule has 3 aromatic rings. The number of urea groups is 1. The van der Waals surface area contributed by atoms with Crippen LogP contribution in [0.25, 0.3) is 0 Å². The number of pyridine rings is 1. The maximum Gasteiger partial charge on any atom is 0.318 e. The second kappa shape index (κ2) is 10.4. The van der Waals surface area contributed by atoms with E-state index in [1.54, 1.807) is 17.0 Å². The van der Waals surface area contributed by atoms with Gasteiger partial charge in [0.15, 0.2) is 0 Å². The van der Waals surface area contributed by atoms with Gasteiger partial charge in [-0.1, -0.05) is 55.5 Å². The minimum absolute atomic E-state index is 0.0201. The summed E-state index contributed by atoms with van der Waals surface area (Å²) in [7, 11) is 0. The molecule has 2 bridgehead atoms. The number of anilines is 1. The molecule has 2 N–H and O–H groups in total. The first-order valence-electron chi connectivity index (χ1n) is 12.7. The van der Waals surface area contributed by atoms with Crippen LogP contribution < -0.4 is 16.2 Å². The van der Waals surface area contributed by atoms with Gasteiger partial charge in [0.05, 0.1) is 0 Å². The molecule has 3 heterocycles. The highest BCUT2D eigenvalue weighted by atomic mass is 16.2. The molecule has 186 valence electrons. The van der Waals surface area contributed by atoms with E-state index in [1.165, 1.54) is 5.56 Å². The zero-order valence-corrected chi connectivity index (χ0v) is 20.5. The van der Waals surface area contributed by atoms with Gasteiger partial charge in [0, 0.05) is 49.4 Å². The van der Waals surface area contributed by atoms with Crippen molar-refractivity contribution in [2.45, 2.75) is 44.7 Å². The Bertz CT molecular complexity index is 1290. The number of nitrogens with one attached hydrogen (secondary N) is 2. The number of piperidine rings is 1. The van der Waals surface area contributed by atoms with Crippen molar-refractivity contribution in [3.63, 3.8) is 0 Å². The molecule has 3 atom stereocenters. The number of likely N-dealkylation sites (tertiary alicyclic amines) is 1. The first-order chi connectivity index (χ1) is 17.5. The first kappa shape index (κ1) is 23.9. The predicted octanol–water partition coefficient (Wildman–Crippen LogP) is 3.79. The number of hydrogen-bond donors (Lipinski definition) is 2. The average molecular weight is 485 g/mol. The van der Waals surface area contributed by atoms with E-state index in [0.29, 0.717) is 31.7 Å². The maximum atomic E-state index is 13.4. The highest BCUT2D eigenvalue weighted by Crippen LogP contribution is 2.34. The lowest BCUT2D eigenvalue weighted by atomic mass is 9.83. The summed E-state index contributed by atoms with van der Waals surface area (Å²) < 4.78 is 1.85.